The molecule has 1 saturated heterocycles. The number of rotatable bonds is 3. The molecule has 0 aliphatic carbocycles. The van der Waals surface area contributed by atoms with Gasteiger partial charge in [0.05, 0.1) is 5.69 Å². The lowest BCUT2D eigenvalue weighted by molar-refractivity contribution is 0.500. The summed E-state index contributed by atoms with van der Waals surface area (Å²) in [6, 6.07) is 6.02. The third-order valence-electron chi connectivity index (χ3n) is 3.56. The fourth-order valence-electron chi connectivity index (χ4n) is 2.63. The predicted octanol–water partition coefficient (Wildman–Crippen LogP) is 3.10. The van der Waals surface area contributed by atoms with Crippen LogP contribution in [0.15, 0.2) is 18.2 Å². The molecule has 1 heterocycles. The lowest BCUT2D eigenvalue weighted by atomic mass is 10.1. The SMILES string of the molecule is CCCC1CN(c2ccc(C)cc2F)CCCN1. The van der Waals surface area contributed by atoms with Crippen LogP contribution < -0.4 is 10.2 Å². The van der Waals surface area contributed by atoms with E-state index in [9.17, 15) is 4.39 Å². The molecule has 3 heteroatoms. The highest BCUT2D eigenvalue weighted by Gasteiger charge is 2.19. The second-order valence-corrected chi connectivity index (χ2v) is 5.19. The second kappa shape index (κ2) is 6.19. The first kappa shape index (κ1) is 13.3. The van der Waals surface area contributed by atoms with Crippen molar-refractivity contribution in [3.8, 4) is 0 Å². The highest BCUT2D eigenvalue weighted by Crippen LogP contribution is 2.22. The number of benzene rings is 1. The topological polar surface area (TPSA) is 15.3 Å². The summed E-state index contributed by atoms with van der Waals surface area (Å²) in [6.07, 6.45) is 3.40. The molecule has 1 fully saturated rings. The first-order chi connectivity index (χ1) is 8.70. The van der Waals surface area contributed by atoms with Crippen LogP contribution in [-0.4, -0.2) is 25.7 Å². The number of nitrogens with zero attached hydrogens (tertiary/aromatic N) is 1. The molecule has 1 unspecified atom stereocenters. The lowest BCUT2D eigenvalue weighted by Gasteiger charge is -2.26. The standard InChI is InChI=1S/C15H23FN2/c1-3-5-13-11-18(9-4-8-17-13)15-7-6-12(2)10-14(15)16/h6-7,10,13,17H,3-5,8-9,11H2,1-2H3. The van der Waals surface area contributed by atoms with Crippen molar-refractivity contribution in [2.45, 2.75) is 39.2 Å². The number of halogens is 1. The molecule has 2 rings (SSSR count). The molecule has 18 heavy (non-hydrogen) atoms. The minimum Gasteiger partial charge on any atom is -0.368 e. The summed E-state index contributed by atoms with van der Waals surface area (Å²) in [5.74, 6) is -0.0906. The Morgan fingerprint density at radius 2 is 2.28 bits per heavy atom. The van der Waals surface area contributed by atoms with Crippen molar-refractivity contribution in [2.24, 2.45) is 0 Å². The molecule has 1 aliphatic heterocycles. The Morgan fingerprint density at radius 1 is 1.44 bits per heavy atom. The summed E-state index contributed by atoms with van der Waals surface area (Å²) in [6.45, 7) is 7.01. The average Bonchev–Trinajstić information content (AvgIpc) is 2.55. The number of anilines is 1. The molecule has 1 atom stereocenters. The molecular weight excluding hydrogens is 227 g/mol. The Hall–Kier alpha value is -1.09. The Balaban J connectivity index is 2.14. The van der Waals surface area contributed by atoms with Crippen LogP contribution in [0.4, 0.5) is 10.1 Å². The smallest absolute Gasteiger partial charge is 0.146 e. The van der Waals surface area contributed by atoms with Crippen molar-refractivity contribution < 1.29 is 4.39 Å². The van der Waals surface area contributed by atoms with E-state index in [1.165, 1.54) is 6.42 Å². The Morgan fingerprint density at radius 3 is 3.00 bits per heavy atom. The minimum atomic E-state index is -0.0906. The maximum Gasteiger partial charge on any atom is 0.146 e. The normalized spacial score (nSPS) is 20.8. The van der Waals surface area contributed by atoms with E-state index in [4.69, 9.17) is 0 Å². The number of hydrogen-bond donors (Lipinski definition) is 1. The van der Waals surface area contributed by atoms with Gasteiger partial charge in [0.1, 0.15) is 5.82 Å². The van der Waals surface area contributed by atoms with Gasteiger partial charge in [-0.25, -0.2) is 4.39 Å². The summed E-state index contributed by atoms with van der Waals surface area (Å²) in [7, 11) is 0. The van der Waals surface area contributed by atoms with Gasteiger partial charge >= 0.3 is 0 Å². The quantitative estimate of drug-likeness (QED) is 0.886. The molecule has 100 valence electrons. The van der Waals surface area contributed by atoms with Gasteiger partial charge in [0.2, 0.25) is 0 Å². The maximum atomic E-state index is 14.0. The molecule has 1 N–H and O–H groups in total. The molecular formula is C15H23FN2. The van der Waals surface area contributed by atoms with Crippen LogP contribution in [0.2, 0.25) is 0 Å². The van der Waals surface area contributed by atoms with E-state index in [0.29, 0.717) is 6.04 Å². The molecule has 0 radical (unpaired) electrons. The Bertz CT molecular complexity index is 392. The summed E-state index contributed by atoms with van der Waals surface area (Å²) in [5.41, 5.74) is 1.74. The zero-order chi connectivity index (χ0) is 13.0. The van der Waals surface area contributed by atoms with E-state index in [-0.39, 0.29) is 5.82 Å². The molecule has 1 aliphatic rings. The van der Waals surface area contributed by atoms with E-state index in [2.05, 4.69) is 17.1 Å². The van der Waals surface area contributed by atoms with Crippen molar-refractivity contribution in [2.75, 3.05) is 24.5 Å². The van der Waals surface area contributed by atoms with Crippen LogP contribution in [0.5, 0.6) is 0 Å². The van der Waals surface area contributed by atoms with Gasteiger partial charge in [-0.2, -0.15) is 0 Å². The molecule has 0 amide bonds. The lowest BCUT2D eigenvalue weighted by Crippen LogP contribution is -2.37. The highest BCUT2D eigenvalue weighted by atomic mass is 19.1. The molecule has 2 nitrogen and oxygen atoms in total. The zero-order valence-electron chi connectivity index (χ0n) is 11.4. The fraction of sp³-hybridized carbons (Fsp3) is 0.600. The fourth-order valence-corrected chi connectivity index (χ4v) is 2.63. The van der Waals surface area contributed by atoms with Crippen molar-refractivity contribution >= 4 is 5.69 Å². The first-order valence-corrected chi connectivity index (χ1v) is 6.95. The maximum absolute atomic E-state index is 14.0. The molecule has 0 aromatic heterocycles. The second-order valence-electron chi connectivity index (χ2n) is 5.19. The van der Waals surface area contributed by atoms with E-state index < -0.39 is 0 Å². The number of hydrogen-bond acceptors (Lipinski definition) is 2. The van der Waals surface area contributed by atoms with Gasteiger partial charge in [-0.15, -0.1) is 0 Å². The van der Waals surface area contributed by atoms with Gasteiger partial charge in [-0.1, -0.05) is 19.4 Å². The Kier molecular flexibility index (Phi) is 4.59. The van der Waals surface area contributed by atoms with Crippen LogP contribution >= 0.6 is 0 Å². The number of aryl methyl sites for hydroxylation is 1. The van der Waals surface area contributed by atoms with Crippen LogP contribution in [0.1, 0.15) is 31.7 Å². The largest absolute Gasteiger partial charge is 0.368 e. The van der Waals surface area contributed by atoms with E-state index in [0.717, 1.165) is 43.7 Å². The van der Waals surface area contributed by atoms with Crippen LogP contribution in [0.25, 0.3) is 0 Å². The van der Waals surface area contributed by atoms with Crippen molar-refractivity contribution in [3.05, 3.63) is 29.6 Å². The third-order valence-corrected chi connectivity index (χ3v) is 3.56. The van der Waals surface area contributed by atoms with Gasteiger partial charge < -0.3 is 10.2 Å². The van der Waals surface area contributed by atoms with E-state index in [1.54, 1.807) is 6.07 Å². The van der Waals surface area contributed by atoms with E-state index in [1.807, 2.05) is 19.1 Å². The summed E-state index contributed by atoms with van der Waals surface area (Å²) in [5, 5.41) is 3.55. The van der Waals surface area contributed by atoms with Crippen molar-refractivity contribution in [1.82, 2.24) is 5.32 Å². The predicted molar refractivity (Wildman–Crippen MR) is 74.7 cm³/mol. The average molecular weight is 250 g/mol. The molecule has 1 aromatic rings. The van der Waals surface area contributed by atoms with E-state index >= 15 is 0 Å². The van der Waals surface area contributed by atoms with Gasteiger partial charge in [0.25, 0.3) is 0 Å². The summed E-state index contributed by atoms with van der Waals surface area (Å²) >= 11 is 0. The molecule has 0 spiro atoms. The van der Waals surface area contributed by atoms with Crippen molar-refractivity contribution in [3.63, 3.8) is 0 Å². The molecule has 0 saturated carbocycles. The Labute approximate surface area is 109 Å². The first-order valence-electron chi connectivity index (χ1n) is 6.95. The van der Waals surface area contributed by atoms with Crippen LogP contribution in [0.3, 0.4) is 0 Å². The highest BCUT2D eigenvalue weighted by molar-refractivity contribution is 5.49. The van der Waals surface area contributed by atoms with Gasteiger partial charge in [0, 0.05) is 19.1 Å². The monoisotopic (exact) mass is 250 g/mol. The summed E-state index contributed by atoms with van der Waals surface area (Å²) in [4.78, 5) is 2.19. The number of nitrogens with one attached hydrogen (secondary N) is 1. The van der Waals surface area contributed by atoms with Crippen LogP contribution in [-0.2, 0) is 0 Å². The molecule has 0 bridgehead atoms. The summed E-state index contributed by atoms with van der Waals surface area (Å²) < 4.78 is 14.0. The van der Waals surface area contributed by atoms with Crippen LogP contribution in [0, 0.1) is 12.7 Å². The van der Waals surface area contributed by atoms with Gasteiger partial charge in [0.15, 0.2) is 0 Å². The van der Waals surface area contributed by atoms with Gasteiger partial charge in [-0.05, 0) is 44.0 Å². The third kappa shape index (κ3) is 3.22. The van der Waals surface area contributed by atoms with Crippen molar-refractivity contribution in [1.29, 1.82) is 0 Å². The zero-order valence-corrected chi connectivity index (χ0v) is 11.4. The van der Waals surface area contributed by atoms with Gasteiger partial charge in [-0.3, -0.25) is 0 Å². The molecule has 1 aromatic carbocycles. The minimum absolute atomic E-state index is 0.0906.